The van der Waals surface area contributed by atoms with Gasteiger partial charge in [0.2, 0.25) is 5.91 Å². The third kappa shape index (κ3) is 3.76. The van der Waals surface area contributed by atoms with Crippen LogP contribution in [0.25, 0.3) is 11.3 Å². The standard InChI is InChI=1S/C18H23N3O2S/c1-11-16(12-6-8-15(23-2)9-7-12)20-18(24-11)21-17(22)13-4-3-5-14(19)10-13/h6-9,13-14H,3-5,10,19H2,1-2H3,(H,20,21,22). The van der Waals surface area contributed by atoms with E-state index in [0.717, 1.165) is 47.6 Å². The predicted octanol–water partition coefficient (Wildman–Crippen LogP) is 3.58. The molecule has 0 saturated heterocycles. The van der Waals surface area contributed by atoms with Gasteiger partial charge in [-0.15, -0.1) is 11.3 Å². The van der Waals surface area contributed by atoms with Crippen molar-refractivity contribution in [3.63, 3.8) is 0 Å². The molecule has 1 heterocycles. The Kier molecular flexibility index (Phi) is 5.16. The first-order valence-electron chi connectivity index (χ1n) is 8.25. The van der Waals surface area contributed by atoms with E-state index in [9.17, 15) is 4.79 Å². The highest BCUT2D eigenvalue weighted by atomic mass is 32.1. The van der Waals surface area contributed by atoms with Crippen molar-refractivity contribution < 1.29 is 9.53 Å². The van der Waals surface area contributed by atoms with Crippen LogP contribution in [-0.2, 0) is 4.79 Å². The summed E-state index contributed by atoms with van der Waals surface area (Å²) in [7, 11) is 1.65. The van der Waals surface area contributed by atoms with Crippen molar-refractivity contribution in [3.8, 4) is 17.0 Å². The minimum absolute atomic E-state index is 0.00222. The van der Waals surface area contributed by atoms with Gasteiger partial charge in [0.25, 0.3) is 0 Å². The van der Waals surface area contributed by atoms with Gasteiger partial charge in [-0.2, -0.15) is 0 Å². The van der Waals surface area contributed by atoms with E-state index in [-0.39, 0.29) is 17.9 Å². The number of benzene rings is 1. The van der Waals surface area contributed by atoms with E-state index in [4.69, 9.17) is 10.5 Å². The predicted molar refractivity (Wildman–Crippen MR) is 97.4 cm³/mol. The van der Waals surface area contributed by atoms with Crippen molar-refractivity contribution in [2.75, 3.05) is 12.4 Å². The Morgan fingerprint density at radius 3 is 2.75 bits per heavy atom. The third-order valence-corrected chi connectivity index (χ3v) is 5.36. The molecule has 0 bridgehead atoms. The average molecular weight is 345 g/mol. The highest BCUT2D eigenvalue weighted by Crippen LogP contribution is 2.32. The second-order valence-electron chi connectivity index (χ2n) is 6.27. The maximum absolute atomic E-state index is 12.4. The number of nitrogens with one attached hydrogen (secondary N) is 1. The molecule has 128 valence electrons. The van der Waals surface area contributed by atoms with Gasteiger partial charge in [-0.25, -0.2) is 4.98 Å². The summed E-state index contributed by atoms with van der Waals surface area (Å²) >= 11 is 1.51. The van der Waals surface area contributed by atoms with E-state index in [0.29, 0.717) is 5.13 Å². The number of rotatable bonds is 4. The molecule has 2 aromatic rings. The fourth-order valence-corrected chi connectivity index (χ4v) is 3.98. The van der Waals surface area contributed by atoms with E-state index in [1.165, 1.54) is 11.3 Å². The van der Waals surface area contributed by atoms with E-state index >= 15 is 0 Å². The maximum Gasteiger partial charge on any atom is 0.229 e. The number of anilines is 1. The van der Waals surface area contributed by atoms with Gasteiger partial charge in [0.15, 0.2) is 5.13 Å². The molecule has 24 heavy (non-hydrogen) atoms. The summed E-state index contributed by atoms with van der Waals surface area (Å²) in [5, 5.41) is 3.63. The highest BCUT2D eigenvalue weighted by molar-refractivity contribution is 7.16. The number of nitrogens with two attached hydrogens (primary N) is 1. The number of hydrogen-bond acceptors (Lipinski definition) is 5. The number of aryl methyl sites for hydroxylation is 1. The van der Waals surface area contributed by atoms with E-state index in [1.54, 1.807) is 7.11 Å². The Morgan fingerprint density at radius 2 is 2.08 bits per heavy atom. The fraction of sp³-hybridized carbons (Fsp3) is 0.444. The lowest BCUT2D eigenvalue weighted by Crippen LogP contribution is -2.34. The summed E-state index contributed by atoms with van der Waals surface area (Å²) in [6, 6.07) is 7.92. The first-order valence-corrected chi connectivity index (χ1v) is 9.06. The molecule has 1 aliphatic rings. The van der Waals surface area contributed by atoms with Gasteiger partial charge in [-0.3, -0.25) is 4.79 Å². The fourth-order valence-electron chi connectivity index (χ4n) is 3.14. The van der Waals surface area contributed by atoms with Gasteiger partial charge in [0.05, 0.1) is 12.8 Å². The van der Waals surface area contributed by atoms with Crippen LogP contribution in [0.4, 0.5) is 5.13 Å². The van der Waals surface area contributed by atoms with E-state index in [1.807, 2.05) is 31.2 Å². The lowest BCUT2D eigenvalue weighted by Gasteiger charge is -2.25. The summed E-state index contributed by atoms with van der Waals surface area (Å²) in [6.07, 6.45) is 3.71. The van der Waals surface area contributed by atoms with Crippen molar-refractivity contribution in [2.24, 2.45) is 11.7 Å². The Morgan fingerprint density at radius 1 is 1.33 bits per heavy atom. The molecule has 5 nitrogen and oxygen atoms in total. The van der Waals surface area contributed by atoms with Crippen molar-refractivity contribution >= 4 is 22.4 Å². The van der Waals surface area contributed by atoms with Crippen LogP contribution in [0, 0.1) is 12.8 Å². The van der Waals surface area contributed by atoms with Crippen LogP contribution in [0.2, 0.25) is 0 Å². The molecule has 0 radical (unpaired) electrons. The average Bonchev–Trinajstić information content (AvgIpc) is 2.95. The Bertz CT molecular complexity index is 712. The van der Waals surface area contributed by atoms with Crippen LogP contribution in [0.15, 0.2) is 24.3 Å². The van der Waals surface area contributed by atoms with Gasteiger partial charge in [-0.1, -0.05) is 6.42 Å². The SMILES string of the molecule is COc1ccc(-c2nc(NC(=O)C3CCCC(N)C3)sc2C)cc1. The molecule has 1 saturated carbocycles. The van der Waals surface area contributed by atoms with Gasteiger partial charge < -0.3 is 15.8 Å². The Balaban J connectivity index is 1.72. The smallest absolute Gasteiger partial charge is 0.229 e. The lowest BCUT2D eigenvalue weighted by molar-refractivity contribution is -0.120. The number of methoxy groups -OCH3 is 1. The van der Waals surface area contributed by atoms with Crippen molar-refractivity contribution in [3.05, 3.63) is 29.1 Å². The Hall–Kier alpha value is -1.92. The minimum atomic E-state index is 0.00222. The minimum Gasteiger partial charge on any atom is -0.497 e. The van der Waals surface area contributed by atoms with Crippen LogP contribution >= 0.6 is 11.3 Å². The van der Waals surface area contributed by atoms with Crippen LogP contribution in [0.3, 0.4) is 0 Å². The normalized spacial score (nSPS) is 20.6. The molecule has 1 aliphatic carbocycles. The number of thiazole rings is 1. The van der Waals surface area contributed by atoms with Gasteiger partial charge in [0.1, 0.15) is 5.75 Å². The number of ether oxygens (including phenoxy) is 1. The van der Waals surface area contributed by atoms with Crippen LogP contribution in [0.5, 0.6) is 5.75 Å². The molecule has 3 N–H and O–H groups in total. The highest BCUT2D eigenvalue weighted by Gasteiger charge is 2.26. The number of amides is 1. The lowest BCUT2D eigenvalue weighted by atomic mass is 9.86. The van der Waals surface area contributed by atoms with Crippen LogP contribution < -0.4 is 15.8 Å². The van der Waals surface area contributed by atoms with Crippen molar-refractivity contribution in [1.29, 1.82) is 0 Å². The number of aromatic nitrogens is 1. The number of carbonyl (C=O) groups is 1. The molecule has 6 heteroatoms. The molecule has 1 aromatic heterocycles. The molecule has 1 aromatic carbocycles. The van der Waals surface area contributed by atoms with Gasteiger partial charge in [0, 0.05) is 22.4 Å². The molecule has 3 rings (SSSR count). The first-order chi connectivity index (χ1) is 11.6. The zero-order valence-electron chi connectivity index (χ0n) is 14.0. The van der Waals surface area contributed by atoms with Crippen molar-refractivity contribution in [1.82, 2.24) is 4.98 Å². The van der Waals surface area contributed by atoms with Gasteiger partial charge in [-0.05, 0) is 50.5 Å². The van der Waals surface area contributed by atoms with Crippen LogP contribution in [-0.4, -0.2) is 24.0 Å². The molecule has 1 fully saturated rings. The third-order valence-electron chi connectivity index (χ3n) is 4.48. The summed E-state index contributed by atoms with van der Waals surface area (Å²) in [5.74, 6) is 0.858. The molecule has 2 atom stereocenters. The number of nitrogens with zero attached hydrogens (tertiary/aromatic N) is 1. The number of carbonyl (C=O) groups excluding carboxylic acids is 1. The topological polar surface area (TPSA) is 77.2 Å². The zero-order chi connectivity index (χ0) is 17.1. The number of hydrogen-bond donors (Lipinski definition) is 2. The first kappa shape index (κ1) is 16.9. The van der Waals surface area contributed by atoms with E-state index in [2.05, 4.69) is 10.3 Å². The molecule has 2 unspecified atom stereocenters. The summed E-state index contributed by atoms with van der Waals surface area (Å²) in [6.45, 7) is 2.02. The molecular formula is C18H23N3O2S. The van der Waals surface area contributed by atoms with Gasteiger partial charge >= 0.3 is 0 Å². The summed E-state index contributed by atoms with van der Waals surface area (Å²) < 4.78 is 5.18. The molecule has 0 aliphatic heterocycles. The van der Waals surface area contributed by atoms with Crippen LogP contribution in [0.1, 0.15) is 30.6 Å². The second-order valence-corrected chi connectivity index (χ2v) is 7.47. The largest absolute Gasteiger partial charge is 0.497 e. The second kappa shape index (κ2) is 7.32. The molecular weight excluding hydrogens is 322 g/mol. The zero-order valence-corrected chi connectivity index (χ0v) is 14.9. The monoisotopic (exact) mass is 345 g/mol. The molecule has 0 spiro atoms. The maximum atomic E-state index is 12.4. The molecule has 1 amide bonds. The summed E-state index contributed by atoms with van der Waals surface area (Å²) in [5.41, 5.74) is 7.90. The Labute approximate surface area is 146 Å². The van der Waals surface area contributed by atoms with Crippen molar-refractivity contribution in [2.45, 2.75) is 38.6 Å². The summed E-state index contributed by atoms with van der Waals surface area (Å²) in [4.78, 5) is 18.1. The quantitative estimate of drug-likeness (QED) is 0.888. The van der Waals surface area contributed by atoms with E-state index < -0.39 is 0 Å².